The summed E-state index contributed by atoms with van der Waals surface area (Å²) in [6.07, 6.45) is 1.02. The zero-order valence-corrected chi connectivity index (χ0v) is 16.6. The molecule has 0 saturated carbocycles. The number of benzene rings is 2. The smallest absolute Gasteiger partial charge is 0.253 e. The van der Waals surface area contributed by atoms with Gasteiger partial charge >= 0.3 is 0 Å². The van der Waals surface area contributed by atoms with E-state index >= 15 is 0 Å². The minimum atomic E-state index is -0.386. The molecule has 5 heteroatoms. The third-order valence-corrected chi connectivity index (χ3v) is 6.57. The Morgan fingerprint density at radius 3 is 2.14 bits per heavy atom. The number of nitrogens with zero attached hydrogens (tertiary/aromatic N) is 3. The van der Waals surface area contributed by atoms with Crippen molar-refractivity contribution in [1.29, 1.82) is 0 Å². The van der Waals surface area contributed by atoms with Crippen LogP contribution in [0.25, 0.3) is 0 Å². The summed E-state index contributed by atoms with van der Waals surface area (Å²) < 4.78 is 0. The first-order valence-electron chi connectivity index (χ1n) is 10.0. The van der Waals surface area contributed by atoms with Gasteiger partial charge in [-0.2, -0.15) is 0 Å². The van der Waals surface area contributed by atoms with Crippen LogP contribution >= 0.6 is 0 Å². The zero-order valence-electron chi connectivity index (χ0n) is 16.6. The quantitative estimate of drug-likeness (QED) is 0.757. The molecule has 2 aromatic rings. The Morgan fingerprint density at radius 2 is 1.46 bits per heavy atom. The molecular formula is C23H25N3O2. The molecule has 0 spiro atoms. The Balaban J connectivity index is 1.58. The van der Waals surface area contributed by atoms with Gasteiger partial charge in [0.1, 0.15) is 6.04 Å². The molecule has 144 valence electrons. The van der Waals surface area contributed by atoms with E-state index in [0.29, 0.717) is 5.69 Å². The van der Waals surface area contributed by atoms with Gasteiger partial charge in [-0.3, -0.25) is 9.59 Å². The van der Waals surface area contributed by atoms with Gasteiger partial charge in [-0.25, -0.2) is 14.9 Å². The van der Waals surface area contributed by atoms with Crippen LogP contribution < -0.4 is 4.90 Å². The predicted octanol–water partition coefficient (Wildman–Crippen LogP) is 3.15. The van der Waals surface area contributed by atoms with Crippen LogP contribution in [0.4, 0.5) is 5.69 Å². The van der Waals surface area contributed by atoms with Crippen molar-refractivity contribution in [2.24, 2.45) is 5.92 Å². The molecule has 0 aliphatic carbocycles. The Labute approximate surface area is 165 Å². The monoisotopic (exact) mass is 375 g/mol. The van der Waals surface area contributed by atoms with Crippen LogP contribution in [-0.4, -0.2) is 41.0 Å². The number of aryl methyl sites for hydroxylation is 3. The number of anilines is 1. The van der Waals surface area contributed by atoms with Gasteiger partial charge in [0.15, 0.2) is 0 Å². The van der Waals surface area contributed by atoms with Crippen molar-refractivity contribution < 1.29 is 9.59 Å². The number of hydrogen-bond acceptors (Lipinski definition) is 4. The first kappa shape index (κ1) is 17.6. The largest absolute Gasteiger partial charge is 0.274 e. The van der Waals surface area contributed by atoms with Gasteiger partial charge in [-0.15, -0.1) is 0 Å². The van der Waals surface area contributed by atoms with Crippen molar-refractivity contribution >= 4 is 17.5 Å². The minimum Gasteiger partial charge on any atom is -0.274 e. The van der Waals surface area contributed by atoms with Crippen LogP contribution in [0, 0.1) is 26.7 Å². The van der Waals surface area contributed by atoms with Gasteiger partial charge in [-0.1, -0.05) is 35.9 Å². The summed E-state index contributed by atoms with van der Waals surface area (Å²) in [6.45, 7) is 7.85. The molecule has 5 rings (SSSR count). The molecule has 3 aliphatic heterocycles. The van der Waals surface area contributed by atoms with E-state index in [4.69, 9.17) is 0 Å². The van der Waals surface area contributed by atoms with E-state index in [1.54, 1.807) is 0 Å². The average molecular weight is 375 g/mol. The van der Waals surface area contributed by atoms with Gasteiger partial charge in [0.25, 0.3) is 5.91 Å². The van der Waals surface area contributed by atoms with E-state index in [0.717, 1.165) is 36.2 Å². The van der Waals surface area contributed by atoms with Crippen molar-refractivity contribution in [2.45, 2.75) is 39.3 Å². The Bertz CT molecular complexity index is 968. The normalized spacial score (nSPS) is 27.5. The van der Waals surface area contributed by atoms with Crippen molar-refractivity contribution in [3.63, 3.8) is 0 Å². The fourth-order valence-electron chi connectivity index (χ4n) is 5.00. The molecular weight excluding hydrogens is 350 g/mol. The third-order valence-electron chi connectivity index (χ3n) is 6.57. The Kier molecular flexibility index (Phi) is 3.93. The van der Waals surface area contributed by atoms with Gasteiger partial charge in [-0.05, 0) is 56.0 Å². The van der Waals surface area contributed by atoms with Crippen molar-refractivity contribution in [3.05, 3.63) is 64.7 Å². The molecule has 0 N–H and O–H groups in total. The molecule has 28 heavy (non-hydrogen) atoms. The van der Waals surface area contributed by atoms with E-state index in [2.05, 4.69) is 41.2 Å². The van der Waals surface area contributed by atoms with Gasteiger partial charge in [0.2, 0.25) is 5.91 Å². The van der Waals surface area contributed by atoms with E-state index in [-0.39, 0.29) is 29.8 Å². The number of carbonyl (C=O) groups excluding carboxylic acids is 2. The number of rotatable bonds is 2. The highest BCUT2D eigenvalue weighted by Gasteiger charge is 2.62. The molecule has 2 amide bonds. The SMILES string of the molecule is Cc1ccc([C@@H]2[C@@H]3C(=O)N(c4ccc(C)c(C)c4)C(=O)[C@@H]3N3CCCN23)cc1. The maximum atomic E-state index is 13.5. The lowest BCUT2D eigenvalue weighted by Gasteiger charge is -2.30. The number of carbonyl (C=O) groups is 2. The van der Waals surface area contributed by atoms with Crippen LogP contribution in [-0.2, 0) is 9.59 Å². The summed E-state index contributed by atoms with van der Waals surface area (Å²) in [6, 6.07) is 13.8. The Morgan fingerprint density at radius 1 is 0.786 bits per heavy atom. The second-order valence-corrected chi connectivity index (χ2v) is 8.29. The van der Waals surface area contributed by atoms with Crippen molar-refractivity contribution in [3.8, 4) is 0 Å². The van der Waals surface area contributed by atoms with Crippen LogP contribution in [0.5, 0.6) is 0 Å². The highest BCUT2D eigenvalue weighted by Crippen LogP contribution is 2.48. The number of fused-ring (bicyclic) bond motifs is 3. The fourth-order valence-corrected chi connectivity index (χ4v) is 5.00. The molecule has 3 atom stereocenters. The van der Waals surface area contributed by atoms with Gasteiger partial charge in [0, 0.05) is 13.1 Å². The molecule has 0 bridgehead atoms. The lowest BCUT2D eigenvalue weighted by atomic mass is 9.89. The highest BCUT2D eigenvalue weighted by molar-refractivity contribution is 6.24. The molecule has 2 aromatic carbocycles. The maximum absolute atomic E-state index is 13.5. The molecule has 3 heterocycles. The lowest BCUT2D eigenvalue weighted by Crippen LogP contribution is -2.44. The van der Waals surface area contributed by atoms with Crippen LogP contribution in [0.2, 0.25) is 0 Å². The van der Waals surface area contributed by atoms with E-state index in [1.807, 2.05) is 32.0 Å². The summed E-state index contributed by atoms with van der Waals surface area (Å²) in [5.74, 6) is -0.505. The highest BCUT2D eigenvalue weighted by atomic mass is 16.2. The minimum absolute atomic E-state index is 0.0684. The van der Waals surface area contributed by atoms with Crippen molar-refractivity contribution in [1.82, 2.24) is 10.0 Å². The number of imide groups is 1. The summed E-state index contributed by atoms with van der Waals surface area (Å²) in [4.78, 5) is 28.4. The summed E-state index contributed by atoms with van der Waals surface area (Å²) >= 11 is 0. The Hall–Kier alpha value is -2.50. The predicted molar refractivity (Wildman–Crippen MR) is 108 cm³/mol. The third kappa shape index (κ3) is 2.39. The summed E-state index contributed by atoms with van der Waals surface area (Å²) in [7, 11) is 0. The molecule has 0 radical (unpaired) electrons. The van der Waals surface area contributed by atoms with Crippen molar-refractivity contribution in [2.75, 3.05) is 18.0 Å². The second-order valence-electron chi connectivity index (χ2n) is 8.29. The zero-order chi connectivity index (χ0) is 19.6. The standard InChI is InChI=1S/C23H25N3O2/c1-14-5-8-17(9-6-14)20-19-21(25-12-4-11-24(20)25)23(28)26(22(19)27)18-10-7-15(2)16(3)13-18/h5-10,13,19-21H,4,11-12H2,1-3H3/t19-,20+,21+/m0/s1. The number of amides is 2. The van der Waals surface area contributed by atoms with Crippen LogP contribution in [0.3, 0.4) is 0 Å². The van der Waals surface area contributed by atoms with E-state index in [9.17, 15) is 9.59 Å². The summed E-state index contributed by atoms with van der Waals surface area (Å²) in [5, 5.41) is 4.41. The average Bonchev–Trinajstić information content (AvgIpc) is 3.31. The molecule has 5 nitrogen and oxygen atoms in total. The molecule has 0 unspecified atom stereocenters. The topological polar surface area (TPSA) is 43.9 Å². The first-order valence-corrected chi connectivity index (χ1v) is 10.0. The number of hydrogen-bond donors (Lipinski definition) is 0. The summed E-state index contributed by atoms with van der Waals surface area (Å²) in [5.41, 5.74) is 5.26. The molecule has 0 aromatic heterocycles. The fraction of sp³-hybridized carbons (Fsp3) is 0.391. The second kappa shape index (κ2) is 6.26. The lowest BCUT2D eigenvalue weighted by molar-refractivity contribution is -0.126. The van der Waals surface area contributed by atoms with Crippen LogP contribution in [0.15, 0.2) is 42.5 Å². The first-order chi connectivity index (χ1) is 13.5. The number of hydrazine groups is 1. The van der Waals surface area contributed by atoms with Gasteiger partial charge < -0.3 is 0 Å². The molecule has 3 fully saturated rings. The van der Waals surface area contributed by atoms with E-state index in [1.165, 1.54) is 10.5 Å². The van der Waals surface area contributed by atoms with E-state index < -0.39 is 0 Å². The van der Waals surface area contributed by atoms with Crippen LogP contribution in [0.1, 0.15) is 34.7 Å². The van der Waals surface area contributed by atoms with Gasteiger partial charge in [0.05, 0.1) is 17.6 Å². The molecule has 3 aliphatic rings. The molecule has 3 saturated heterocycles. The maximum Gasteiger partial charge on any atom is 0.253 e.